The first kappa shape index (κ1) is 20.1. The van der Waals surface area contributed by atoms with Crippen LogP contribution in [-0.4, -0.2) is 9.55 Å². The number of hydrogen-bond donors (Lipinski definition) is 1. The average Bonchev–Trinajstić information content (AvgIpc) is 2.74. The topological polar surface area (TPSA) is 43.8 Å². The molecule has 3 aromatic rings. The molecule has 1 aromatic heterocycles. The van der Waals surface area contributed by atoms with Gasteiger partial charge in [0.1, 0.15) is 0 Å². The van der Waals surface area contributed by atoms with Gasteiger partial charge in [-0.3, -0.25) is 0 Å². The fourth-order valence-electron chi connectivity index (χ4n) is 1.99. The van der Waals surface area contributed by atoms with Gasteiger partial charge in [0.05, 0.1) is 17.4 Å². The second kappa shape index (κ2) is 8.49. The van der Waals surface area contributed by atoms with Gasteiger partial charge in [-0.25, -0.2) is 4.98 Å². The quantitative estimate of drug-likeness (QED) is 0.622. The molecule has 21 heavy (non-hydrogen) atoms. The maximum Gasteiger partial charge on any atom is 0.0961 e. The number of benzene rings is 2. The molecule has 2 N–H and O–H groups in total. The lowest BCUT2D eigenvalue weighted by molar-refractivity contribution is 0.824. The number of hydrogen-bond acceptors (Lipinski definition) is 2. The summed E-state index contributed by atoms with van der Waals surface area (Å²) >= 11 is 3.44. The summed E-state index contributed by atoms with van der Waals surface area (Å²) in [5, 5.41) is 0. The summed E-state index contributed by atoms with van der Waals surface area (Å²) in [6, 6.07) is 14.1. The number of imidazole rings is 1. The van der Waals surface area contributed by atoms with Crippen molar-refractivity contribution in [1.29, 1.82) is 0 Å². The molecule has 114 valence electrons. The van der Waals surface area contributed by atoms with E-state index in [-0.39, 0.29) is 37.2 Å². The van der Waals surface area contributed by atoms with Gasteiger partial charge in [-0.15, -0.1) is 37.2 Å². The van der Waals surface area contributed by atoms with Crippen molar-refractivity contribution in [1.82, 2.24) is 9.55 Å². The number of nitrogens with two attached hydrogens (primary N) is 1. The molecular formula is C14H15BrCl3N3. The Kier molecular flexibility index (Phi) is 8.11. The zero-order chi connectivity index (χ0) is 12.5. The van der Waals surface area contributed by atoms with E-state index in [2.05, 4.69) is 37.6 Å². The smallest absolute Gasteiger partial charge is 0.0961 e. The van der Waals surface area contributed by atoms with Crippen LogP contribution in [0.1, 0.15) is 5.56 Å². The Balaban J connectivity index is 0.00000133. The third-order valence-corrected chi connectivity index (χ3v) is 3.44. The number of aromatic nitrogens is 2. The van der Waals surface area contributed by atoms with Gasteiger partial charge in [0.2, 0.25) is 0 Å². The summed E-state index contributed by atoms with van der Waals surface area (Å²) in [7, 11) is 0. The van der Waals surface area contributed by atoms with Gasteiger partial charge in [0.15, 0.2) is 0 Å². The molecule has 7 heteroatoms. The Morgan fingerprint density at radius 1 is 1.00 bits per heavy atom. The van der Waals surface area contributed by atoms with E-state index in [9.17, 15) is 0 Å². The van der Waals surface area contributed by atoms with Crippen LogP contribution in [-0.2, 0) is 6.54 Å². The Labute approximate surface area is 150 Å². The van der Waals surface area contributed by atoms with E-state index in [0.29, 0.717) is 0 Å². The lowest BCUT2D eigenvalue weighted by Gasteiger charge is -2.05. The molecule has 0 aliphatic rings. The monoisotopic (exact) mass is 409 g/mol. The van der Waals surface area contributed by atoms with Crippen LogP contribution < -0.4 is 5.73 Å². The number of halogens is 4. The molecule has 3 nitrogen and oxygen atoms in total. The summed E-state index contributed by atoms with van der Waals surface area (Å²) in [5.74, 6) is 0. The van der Waals surface area contributed by atoms with Gasteiger partial charge in [0.25, 0.3) is 0 Å². The van der Waals surface area contributed by atoms with Crippen molar-refractivity contribution in [2.24, 2.45) is 0 Å². The van der Waals surface area contributed by atoms with Crippen molar-refractivity contribution in [2.45, 2.75) is 6.54 Å². The predicted molar refractivity (Wildman–Crippen MR) is 99.1 cm³/mol. The van der Waals surface area contributed by atoms with Crippen LogP contribution in [0.25, 0.3) is 11.0 Å². The average molecular weight is 412 g/mol. The highest BCUT2D eigenvalue weighted by Crippen LogP contribution is 2.18. The largest absolute Gasteiger partial charge is 0.399 e. The van der Waals surface area contributed by atoms with E-state index < -0.39 is 0 Å². The highest BCUT2D eigenvalue weighted by atomic mass is 79.9. The molecule has 0 atom stereocenters. The van der Waals surface area contributed by atoms with Crippen LogP contribution in [0.15, 0.2) is 53.3 Å². The molecule has 0 bridgehead atoms. The van der Waals surface area contributed by atoms with Crippen molar-refractivity contribution in [3.63, 3.8) is 0 Å². The fourth-order valence-corrected chi connectivity index (χ4v) is 2.26. The zero-order valence-corrected chi connectivity index (χ0v) is 14.9. The highest BCUT2D eigenvalue weighted by Gasteiger charge is 2.03. The lowest BCUT2D eigenvalue weighted by Crippen LogP contribution is -1.97. The van der Waals surface area contributed by atoms with E-state index in [4.69, 9.17) is 5.73 Å². The van der Waals surface area contributed by atoms with Crippen LogP contribution in [0.3, 0.4) is 0 Å². The molecule has 0 spiro atoms. The van der Waals surface area contributed by atoms with Gasteiger partial charge in [-0.2, -0.15) is 0 Å². The van der Waals surface area contributed by atoms with Crippen LogP contribution in [0.4, 0.5) is 5.69 Å². The van der Waals surface area contributed by atoms with Crippen molar-refractivity contribution >= 4 is 69.9 Å². The predicted octanol–water partition coefficient (Wildman–Crippen LogP) is 4.69. The molecule has 0 unspecified atom stereocenters. The van der Waals surface area contributed by atoms with Crippen molar-refractivity contribution in [3.05, 3.63) is 58.8 Å². The van der Waals surface area contributed by atoms with E-state index in [1.165, 1.54) is 5.56 Å². The molecule has 0 aliphatic carbocycles. The Bertz CT molecular complexity index is 698. The number of nitrogen functional groups attached to an aromatic ring is 1. The van der Waals surface area contributed by atoms with E-state index in [0.717, 1.165) is 27.7 Å². The van der Waals surface area contributed by atoms with Gasteiger partial charge in [-0.05, 0) is 35.9 Å². The number of nitrogens with zero attached hydrogens (tertiary/aromatic N) is 2. The number of anilines is 1. The van der Waals surface area contributed by atoms with E-state index >= 15 is 0 Å². The minimum atomic E-state index is 0. The van der Waals surface area contributed by atoms with E-state index in [1.54, 1.807) is 0 Å². The summed E-state index contributed by atoms with van der Waals surface area (Å²) < 4.78 is 3.22. The second-order valence-corrected chi connectivity index (χ2v) is 5.16. The molecule has 0 aliphatic heterocycles. The molecule has 0 fully saturated rings. The normalized spacial score (nSPS) is 9.38. The Morgan fingerprint density at radius 3 is 2.33 bits per heavy atom. The summed E-state index contributed by atoms with van der Waals surface area (Å²) in [6.45, 7) is 0.813. The SMILES string of the molecule is Cl.Cl.Cl.Nc1ccc2c(c1)ncn2Cc1ccc(Br)cc1. The highest BCUT2D eigenvalue weighted by molar-refractivity contribution is 9.10. The van der Waals surface area contributed by atoms with Crippen LogP contribution >= 0.6 is 53.2 Å². The van der Waals surface area contributed by atoms with Crippen molar-refractivity contribution in [2.75, 3.05) is 5.73 Å². The van der Waals surface area contributed by atoms with Gasteiger partial charge >= 0.3 is 0 Å². The third kappa shape index (κ3) is 4.51. The second-order valence-electron chi connectivity index (χ2n) is 4.25. The maximum absolute atomic E-state index is 5.75. The van der Waals surface area contributed by atoms with E-state index in [1.807, 2.05) is 36.7 Å². The van der Waals surface area contributed by atoms with Crippen molar-refractivity contribution < 1.29 is 0 Å². The third-order valence-electron chi connectivity index (χ3n) is 2.91. The standard InChI is InChI=1S/C14H12BrN3.3ClH/c15-11-3-1-10(2-4-11)8-18-9-17-13-7-12(16)5-6-14(13)18;;;/h1-7,9H,8,16H2;3*1H. The molecule has 0 saturated heterocycles. The van der Waals surface area contributed by atoms with Crippen LogP contribution in [0.2, 0.25) is 0 Å². The fraction of sp³-hybridized carbons (Fsp3) is 0.0714. The van der Waals surface area contributed by atoms with Crippen molar-refractivity contribution in [3.8, 4) is 0 Å². The molecule has 0 amide bonds. The summed E-state index contributed by atoms with van der Waals surface area (Å²) in [6.07, 6.45) is 1.85. The zero-order valence-electron chi connectivity index (χ0n) is 10.9. The maximum atomic E-state index is 5.75. The molecule has 3 rings (SSSR count). The summed E-state index contributed by atoms with van der Waals surface area (Å²) in [4.78, 5) is 4.37. The van der Waals surface area contributed by atoms with Gasteiger partial charge in [0, 0.05) is 16.7 Å². The molecular weight excluding hydrogens is 396 g/mol. The van der Waals surface area contributed by atoms with Gasteiger partial charge in [-0.1, -0.05) is 28.1 Å². The van der Waals surface area contributed by atoms with Crippen LogP contribution in [0, 0.1) is 0 Å². The Morgan fingerprint density at radius 2 is 1.67 bits per heavy atom. The summed E-state index contributed by atoms with van der Waals surface area (Å²) in [5.41, 5.74) is 9.78. The first-order valence-corrected chi connectivity index (χ1v) is 6.46. The van der Waals surface area contributed by atoms with Crippen LogP contribution in [0.5, 0.6) is 0 Å². The molecule has 0 saturated carbocycles. The minimum Gasteiger partial charge on any atom is -0.399 e. The first-order chi connectivity index (χ1) is 8.72. The first-order valence-electron chi connectivity index (χ1n) is 5.67. The number of fused-ring (bicyclic) bond motifs is 1. The lowest BCUT2D eigenvalue weighted by atomic mass is 10.2. The molecule has 2 aromatic carbocycles. The molecule has 1 heterocycles. The Hall–Kier alpha value is -0.940. The molecule has 0 radical (unpaired) electrons. The minimum absolute atomic E-state index is 0. The number of rotatable bonds is 2. The van der Waals surface area contributed by atoms with Gasteiger partial charge < -0.3 is 10.3 Å².